The van der Waals surface area contributed by atoms with Gasteiger partial charge in [0, 0.05) is 6.42 Å². The van der Waals surface area contributed by atoms with Crippen LogP contribution in [-0.2, 0) is 6.42 Å². The van der Waals surface area contributed by atoms with Crippen LogP contribution in [0.2, 0.25) is 10.3 Å². The fourth-order valence-electron chi connectivity index (χ4n) is 1.05. The van der Waals surface area contributed by atoms with Crippen LogP contribution in [-0.4, -0.2) is 14.9 Å². The van der Waals surface area contributed by atoms with Crippen LogP contribution in [0.1, 0.15) is 19.7 Å². The van der Waals surface area contributed by atoms with Crippen LogP contribution in [0.15, 0.2) is 0 Å². The SMILES string of the molecule is CC(C)Cc1nc(Cl)c([N+](=O)[O-])c(Cl)n1. The van der Waals surface area contributed by atoms with Crippen LogP contribution in [0.25, 0.3) is 0 Å². The summed E-state index contributed by atoms with van der Waals surface area (Å²) < 4.78 is 0. The Morgan fingerprint density at radius 2 is 1.80 bits per heavy atom. The molecule has 82 valence electrons. The smallest absolute Gasteiger partial charge is 0.258 e. The number of nitro groups is 1. The molecule has 1 heterocycles. The number of aromatic nitrogens is 2. The van der Waals surface area contributed by atoms with E-state index in [9.17, 15) is 10.1 Å². The van der Waals surface area contributed by atoms with Gasteiger partial charge in [0.1, 0.15) is 5.82 Å². The van der Waals surface area contributed by atoms with Gasteiger partial charge in [0.25, 0.3) is 0 Å². The van der Waals surface area contributed by atoms with Crippen LogP contribution in [0.3, 0.4) is 0 Å². The molecule has 0 aromatic carbocycles. The molecule has 1 rings (SSSR count). The molecule has 15 heavy (non-hydrogen) atoms. The number of hydrogen-bond acceptors (Lipinski definition) is 4. The lowest BCUT2D eigenvalue weighted by atomic mass is 10.1. The van der Waals surface area contributed by atoms with E-state index >= 15 is 0 Å². The summed E-state index contributed by atoms with van der Waals surface area (Å²) in [6, 6.07) is 0. The first-order chi connectivity index (χ1) is 6.91. The maximum absolute atomic E-state index is 10.5. The normalized spacial score (nSPS) is 10.7. The van der Waals surface area contributed by atoms with Gasteiger partial charge in [0.15, 0.2) is 0 Å². The molecule has 1 aromatic heterocycles. The topological polar surface area (TPSA) is 68.9 Å². The molecule has 7 heteroatoms. The van der Waals surface area contributed by atoms with Gasteiger partial charge in [-0.2, -0.15) is 0 Å². The molecule has 0 aliphatic rings. The average Bonchev–Trinajstić information content (AvgIpc) is 1.99. The minimum Gasteiger partial charge on any atom is -0.258 e. The van der Waals surface area contributed by atoms with Gasteiger partial charge in [-0.25, -0.2) is 9.97 Å². The molecular weight excluding hydrogens is 241 g/mol. The first-order valence-electron chi connectivity index (χ1n) is 4.28. The van der Waals surface area contributed by atoms with Crippen molar-refractivity contribution in [2.24, 2.45) is 5.92 Å². The van der Waals surface area contributed by atoms with Gasteiger partial charge in [-0.1, -0.05) is 37.0 Å². The minimum absolute atomic E-state index is 0.212. The summed E-state index contributed by atoms with van der Waals surface area (Å²) in [5.41, 5.74) is -0.439. The average molecular weight is 250 g/mol. The first-order valence-corrected chi connectivity index (χ1v) is 5.03. The molecule has 0 aliphatic heterocycles. The predicted molar refractivity (Wildman–Crippen MR) is 57.2 cm³/mol. The van der Waals surface area contributed by atoms with Crippen LogP contribution in [0.5, 0.6) is 0 Å². The molecule has 0 unspecified atom stereocenters. The Hall–Kier alpha value is -0.940. The molecule has 0 radical (unpaired) electrons. The fourth-order valence-corrected chi connectivity index (χ4v) is 1.61. The highest BCUT2D eigenvalue weighted by atomic mass is 35.5. The van der Waals surface area contributed by atoms with E-state index in [0.717, 1.165) is 0 Å². The highest BCUT2D eigenvalue weighted by molar-refractivity contribution is 6.36. The zero-order chi connectivity index (χ0) is 11.6. The summed E-state index contributed by atoms with van der Waals surface area (Å²) in [6.45, 7) is 3.96. The highest BCUT2D eigenvalue weighted by Gasteiger charge is 2.22. The summed E-state index contributed by atoms with van der Waals surface area (Å²) in [5.74, 6) is 0.754. The van der Waals surface area contributed by atoms with Crippen molar-refractivity contribution in [3.8, 4) is 0 Å². The Labute approximate surface area is 96.6 Å². The van der Waals surface area contributed by atoms with Gasteiger partial charge in [0.05, 0.1) is 4.92 Å². The number of halogens is 2. The number of rotatable bonds is 3. The summed E-state index contributed by atoms with van der Waals surface area (Å²) in [7, 11) is 0. The van der Waals surface area contributed by atoms with E-state index in [-0.39, 0.29) is 10.3 Å². The zero-order valence-electron chi connectivity index (χ0n) is 8.20. The molecule has 5 nitrogen and oxygen atoms in total. The van der Waals surface area contributed by atoms with E-state index in [1.165, 1.54) is 0 Å². The molecule has 0 fully saturated rings. The predicted octanol–water partition coefficient (Wildman–Crippen LogP) is 2.89. The van der Waals surface area contributed by atoms with E-state index in [4.69, 9.17) is 23.2 Å². The molecule has 0 saturated carbocycles. The second-order valence-corrected chi connectivity index (χ2v) is 4.14. The first kappa shape index (κ1) is 12.1. The van der Waals surface area contributed by atoms with Gasteiger partial charge in [0.2, 0.25) is 10.3 Å². The van der Waals surface area contributed by atoms with Crippen LogP contribution in [0.4, 0.5) is 5.69 Å². The molecule has 1 aromatic rings. The van der Waals surface area contributed by atoms with Gasteiger partial charge >= 0.3 is 5.69 Å². The van der Waals surface area contributed by atoms with Crippen molar-refractivity contribution in [2.45, 2.75) is 20.3 Å². The molecule has 0 N–H and O–H groups in total. The third-order valence-electron chi connectivity index (χ3n) is 1.62. The Kier molecular flexibility index (Phi) is 3.82. The standard InChI is InChI=1S/C8H9Cl2N3O2/c1-4(2)3-5-11-7(9)6(13(14)15)8(10)12-5/h4H,3H2,1-2H3. The van der Waals surface area contributed by atoms with E-state index in [1.807, 2.05) is 13.8 Å². The van der Waals surface area contributed by atoms with Crippen molar-refractivity contribution in [1.82, 2.24) is 9.97 Å². The van der Waals surface area contributed by atoms with E-state index in [0.29, 0.717) is 18.2 Å². The van der Waals surface area contributed by atoms with Crippen molar-refractivity contribution < 1.29 is 4.92 Å². The molecule has 0 amide bonds. The van der Waals surface area contributed by atoms with E-state index in [2.05, 4.69) is 9.97 Å². The Morgan fingerprint density at radius 1 is 1.33 bits per heavy atom. The van der Waals surface area contributed by atoms with Crippen LogP contribution < -0.4 is 0 Å². The van der Waals surface area contributed by atoms with E-state index in [1.54, 1.807) is 0 Å². The van der Waals surface area contributed by atoms with Crippen molar-refractivity contribution in [2.75, 3.05) is 0 Å². The summed E-state index contributed by atoms with van der Waals surface area (Å²) in [5, 5.41) is 10.1. The Balaban J connectivity index is 3.14. The lowest BCUT2D eigenvalue weighted by Gasteiger charge is -2.04. The van der Waals surface area contributed by atoms with Gasteiger partial charge in [-0.15, -0.1) is 0 Å². The molecule has 0 spiro atoms. The van der Waals surface area contributed by atoms with Gasteiger partial charge < -0.3 is 0 Å². The van der Waals surface area contributed by atoms with Gasteiger partial charge in [-0.3, -0.25) is 10.1 Å². The number of hydrogen-bond donors (Lipinski definition) is 0. The second-order valence-electron chi connectivity index (χ2n) is 3.43. The lowest BCUT2D eigenvalue weighted by molar-refractivity contribution is -0.385. The van der Waals surface area contributed by atoms with Gasteiger partial charge in [-0.05, 0) is 5.92 Å². The van der Waals surface area contributed by atoms with Crippen molar-refractivity contribution in [1.29, 1.82) is 0 Å². The fraction of sp³-hybridized carbons (Fsp3) is 0.500. The van der Waals surface area contributed by atoms with Crippen molar-refractivity contribution in [3.63, 3.8) is 0 Å². The summed E-state index contributed by atoms with van der Waals surface area (Å²) in [4.78, 5) is 17.5. The Bertz CT molecular complexity index is 372. The molecule has 0 saturated heterocycles. The molecule has 0 aliphatic carbocycles. The monoisotopic (exact) mass is 249 g/mol. The molecule has 0 atom stereocenters. The maximum atomic E-state index is 10.5. The van der Waals surface area contributed by atoms with E-state index < -0.39 is 10.6 Å². The third kappa shape index (κ3) is 3.00. The molecular formula is C8H9Cl2N3O2. The quantitative estimate of drug-likeness (QED) is 0.469. The largest absolute Gasteiger partial charge is 0.343 e. The second kappa shape index (κ2) is 4.72. The number of nitrogens with zero attached hydrogens (tertiary/aromatic N) is 3. The Morgan fingerprint density at radius 3 is 2.13 bits per heavy atom. The molecule has 0 bridgehead atoms. The zero-order valence-corrected chi connectivity index (χ0v) is 9.71. The maximum Gasteiger partial charge on any atom is 0.343 e. The van der Waals surface area contributed by atoms with Crippen molar-refractivity contribution in [3.05, 3.63) is 26.2 Å². The lowest BCUT2D eigenvalue weighted by Crippen LogP contribution is -2.04. The minimum atomic E-state index is -0.691. The summed E-state index contributed by atoms with van der Waals surface area (Å²) in [6.07, 6.45) is 0.581. The highest BCUT2D eigenvalue weighted by Crippen LogP contribution is 2.29. The third-order valence-corrected chi connectivity index (χ3v) is 2.15. The summed E-state index contributed by atoms with van der Waals surface area (Å²) >= 11 is 11.3. The van der Waals surface area contributed by atoms with Crippen LogP contribution in [0, 0.1) is 16.0 Å². The van der Waals surface area contributed by atoms with Crippen molar-refractivity contribution >= 4 is 28.9 Å². The van der Waals surface area contributed by atoms with Crippen LogP contribution >= 0.6 is 23.2 Å².